The van der Waals surface area contributed by atoms with Crippen LogP contribution in [0.1, 0.15) is 0 Å². The third kappa shape index (κ3) is 2.95. The van der Waals surface area contributed by atoms with Gasteiger partial charge in [-0.25, -0.2) is 4.98 Å². The van der Waals surface area contributed by atoms with Crippen molar-refractivity contribution in [3.05, 3.63) is 79.6 Å². The van der Waals surface area contributed by atoms with Gasteiger partial charge in [-0.2, -0.15) is 17.6 Å². The van der Waals surface area contributed by atoms with Crippen molar-refractivity contribution in [1.82, 2.24) is 28.5 Å². The van der Waals surface area contributed by atoms with E-state index in [1.54, 1.807) is 43.0 Å². The van der Waals surface area contributed by atoms with Crippen LogP contribution < -0.4 is 4.74 Å². The largest absolute Gasteiger partial charge is 0.495 e. The third-order valence-electron chi connectivity index (χ3n) is 5.54. The van der Waals surface area contributed by atoms with Gasteiger partial charge < -0.3 is 4.74 Å². The van der Waals surface area contributed by atoms with E-state index in [1.165, 1.54) is 23.9 Å². The quantitative estimate of drug-likeness (QED) is 0.400. The molecule has 9 nitrogen and oxygen atoms in total. The van der Waals surface area contributed by atoms with Gasteiger partial charge in [0.25, 0.3) is 0 Å². The summed E-state index contributed by atoms with van der Waals surface area (Å²) in [6, 6.07) is 13.0. The summed E-state index contributed by atoms with van der Waals surface area (Å²) in [5.41, 5.74) is 2.89. The molecule has 0 fully saturated rings. The van der Waals surface area contributed by atoms with E-state index in [9.17, 15) is 8.42 Å². The number of methoxy groups -OCH3 is 1. The van der Waals surface area contributed by atoms with Gasteiger partial charge in [-0.15, -0.1) is 0 Å². The molecule has 162 valence electrons. The number of aromatic nitrogens is 6. The molecule has 0 atom stereocenters. The number of benzene rings is 1. The molecule has 5 heterocycles. The maximum Gasteiger partial charge on any atom is 0.301 e. The lowest BCUT2D eigenvalue weighted by molar-refractivity contribution is 0.412. The molecule has 10 heteroatoms. The van der Waals surface area contributed by atoms with Gasteiger partial charge in [0.15, 0.2) is 5.03 Å². The predicted octanol–water partition coefficient (Wildman–Crippen LogP) is 3.54. The molecular weight excluding hydrogens is 440 g/mol. The SMILES string of the molecule is COc1ccc2ncc(S(=O)(=O)n3ncc4ncc(-c5cncc6ccccc56)cc43)n2c1. The van der Waals surface area contributed by atoms with Gasteiger partial charge in [0.05, 0.1) is 25.7 Å². The summed E-state index contributed by atoms with van der Waals surface area (Å²) in [6.45, 7) is 0. The first-order chi connectivity index (χ1) is 16.1. The average molecular weight is 456 g/mol. The first-order valence-corrected chi connectivity index (χ1v) is 11.4. The molecule has 0 saturated heterocycles. The van der Waals surface area contributed by atoms with Crippen LogP contribution >= 0.6 is 0 Å². The summed E-state index contributed by atoms with van der Waals surface area (Å²) in [6.07, 6.45) is 9.55. The molecule has 0 radical (unpaired) electrons. The van der Waals surface area contributed by atoms with Crippen LogP contribution in [0.5, 0.6) is 5.75 Å². The van der Waals surface area contributed by atoms with Crippen LogP contribution in [-0.4, -0.2) is 44.1 Å². The number of fused-ring (bicyclic) bond motifs is 3. The van der Waals surface area contributed by atoms with E-state index in [-0.39, 0.29) is 5.03 Å². The molecule has 6 rings (SSSR count). The van der Waals surface area contributed by atoms with Gasteiger partial charge in [0.1, 0.15) is 22.4 Å². The second-order valence-electron chi connectivity index (χ2n) is 7.42. The lowest BCUT2D eigenvalue weighted by Crippen LogP contribution is -2.16. The highest BCUT2D eigenvalue weighted by Gasteiger charge is 2.25. The minimum absolute atomic E-state index is 0.0290. The minimum Gasteiger partial charge on any atom is -0.495 e. The molecule has 6 aromatic rings. The highest BCUT2D eigenvalue weighted by Crippen LogP contribution is 2.30. The van der Waals surface area contributed by atoms with Gasteiger partial charge >= 0.3 is 10.0 Å². The number of hydrogen-bond donors (Lipinski definition) is 0. The zero-order chi connectivity index (χ0) is 22.6. The summed E-state index contributed by atoms with van der Waals surface area (Å²) in [7, 11) is -2.56. The van der Waals surface area contributed by atoms with Crippen molar-refractivity contribution < 1.29 is 13.2 Å². The fourth-order valence-corrected chi connectivity index (χ4v) is 5.24. The Morgan fingerprint density at radius 3 is 2.70 bits per heavy atom. The zero-order valence-corrected chi connectivity index (χ0v) is 18.1. The van der Waals surface area contributed by atoms with Crippen LogP contribution in [-0.2, 0) is 10.0 Å². The Balaban J connectivity index is 1.55. The minimum atomic E-state index is -4.08. The molecular formula is C23H16N6O3S. The molecule has 0 aliphatic heterocycles. The lowest BCUT2D eigenvalue weighted by Gasteiger charge is -2.09. The molecule has 0 saturated carbocycles. The van der Waals surface area contributed by atoms with Crippen molar-refractivity contribution in [3.63, 3.8) is 0 Å². The standard InChI is InChI=1S/C23H16N6O3S/c1-32-17-6-7-22-26-13-23(28(22)14-17)33(30,31)29-21-8-16(10-25-20(21)12-27-29)19-11-24-9-15-4-2-3-5-18(15)19/h2-14H,1H3. The van der Waals surface area contributed by atoms with E-state index in [0.717, 1.165) is 26.0 Å². The van der Waals surface area contributed by atoms with Crippen LogP contribution in [0.2, 0.25) is 0 Å². The predicted molar refractivity (Wildman–Crippen MR) is 123 cm³/mol. The number of pyridine rings is 3. The fourth-order valence-electron chi connectivity index (χ4n) is 3.91. The Bertz CT molecular complexity index is 1780. The maximum absolute atomic E-state index is 13.6. The molecule has 5 aromatic heterocycles. The highest BCUT2D eigenvalue weighted by molar-refractivity contribution is 7.90. The van der Waals surface area contributed by atoms with Crippen molar-refractivity contribution in [2.45, 2.75) is 5.03 Å². The summed E-state index contributed by atoms with van der Waals surface area (Å²) in [4.78, 5) is 13.0. The number of hydrogen-bond acceptors (Lipinski definition) is 7. The molecule has 0 spiro atoms. The van der Waals surface area contributed by atoms with Crippen LogP contribution in [0, 0.1) is 0 Å². The Labute approximate surface area is 188 Å². The van der Waals surface area contributed by atoms with Gasteiger partial charge in [0, 0.05) is 35.1 Å². The van der Waals surface area contributed by atoms with Crippen LogP contribution in [0.25, 0.3) is 38.6 Å². The van der Waals surface area contributed by atoms with Crippen molar-refractivity contribution in [2.75, 3.05) is 7.11 Å². The number of ether oxygens (including phenoxy) is 1. The van der Waals surface area contributed by atoms with Gasteiger partial charge in [-0.05, 0) is 23.6 Å². The molecule has 0 bridgehead atoms. The van der Waals surface area contributed by atoms with Crippen LogP contribution in [0.4, 0.5) is 0 Å². The summed E-state index contributed by atoms with van der Waals surface area (Å²) >= 11 is 0. The first-order valence-electron chi connectivity index (χ1n) is 10.00. The van der Waals surface area contributed by atoms with E-state index in [0.29, 0.717) is 22.4 Å². The average Bonchev–Trinajstić information content (AvgIpc) is 3.47. The lowest BCUT2D eigenvalue weighted by atomic mass is 10.0. The second-order valence-corrected chi connectivity index (χ2v) is 9.14. The summed E-state index contributed by atoms with van der Waals surface area (Å²) < 4.78 is 34.9. The molecule has 0 aliphatic carbocycles. The summed E-state index contributed by atoms with van der Waals surface area (Å²) in [5.74, 6) is 0.509. The van der Waals surface area contributed by atoms with Gasteiger partial charge in [0.2, 0.25) is 0 Å². The number of nitrogens with zero attached hydrogens (tertiary/aromatic N) is 6. The zero-order valence-electron chi connectivity index (χ0n) is 17.3. The van der Waals surface area contributed by atoms with E-state index >= 15 is 0 Å². The van der Waals surface area contributed by atoms with Gasteiger partial charge in [-0.3, -0.25) is 14.4 Å². The maximum atomic E-state index is 13.6. The van der Waals surface area contributed by atoms with Crippen LogP contribution in [0.15, 0.2) is 84.7 Å². The van der Waals surface area contributed by atoms with E-state index in [2.05, 4.69) is 20.1 Å². The Kier molecular flexibility index (Phi) is 4.17. The van der Waals surface area contributed by atoms with Crippen molar-refractivity contribution >= 4 is 37.5 Å². The molecule has 0 unspecified atom stereocenters. The summed E-state index contributed by atoms with van der Waals surface area (Å²) in [5, 5.41) is 6.10. The second kappa shape index (κ2) is 7.10. The topological polar surface area (TPSA) is 104 Å². The van der Waals surface area contributed by atoms with E-state index in [4.69, 9.17) is 4.74 Å². The fraction of sp³-hybridized carbons (Fsp3) is 0.0435. The van der Waals surface area contributed by atoms with Crippen molar-refractivity contribution in [2.24, 2.45) is 0 Å². The molecule has 1 aromatic carbocycles. The molecule has 33 heavy (non-hydrogen) atoms. The molecule has 0 amide bonds. The van der Waals surface area contributed by atoms with E-state index in [1.807, 2.05) is 24.3 Å². The van der Waals surface area contributed by atoms with Crippen LogP contribution in [0.3, 0.4) is 0 Å². The Hall–Kier alpha value is -4.31. The smallest absolute Gasteiger partial charge is 0.301 e. The van der Waals surface area contributed by atoms with Gasteiger partial charge in [-0.1, -0.05) is 24.3 Å². The Morgan fingerprint density at radius 2 is 1.82 bits per heavy atom. The number of rotatable bonds is 4. The van der Waals surface area contributed by atoms with Crippen molar-refractivity contribution in [1.29, 1.82) is 0 Å². The molecule has 0 aliphatic rings. The molecule has 0 N–H and O–H groups in total. The van der Waals surface area contributed by atoms with E-state index < -0.39 is 10.0 Å². The third-order valence-corrected chi connectivity index (χ3v) is 7.12. The first kappa shape index (κ1) is 19.4. The monoisotopic (exact) mass is 456 g/mol. The number of imidazole rings is 1. The normalized spacial score (nSPS) is 12.0. The highest BCUT2D eigenvalue weighted by atomic mass is 32.2. The Morgan fingerprint density at radius 1 is 0.939 bits per heavy atom. The van der Waals surface area contributed by atoms with Crippen molar-refractivity contribution in [3.8, 4) is 16.9 Å².